The minimum atomic E-state index is -0.243. The largest absolute Gasteiger partial charge is 0.297 e. The van der Waals surface area contributed by atoms with Gasteiger partial charge in [0.2, 0.25) is 0 Å². The number of nitrogens with zero attached hydrogens (tertiary/aromatic N) is 4. The van der Waals surface area contributed by atoms with E-state index in [0.29, 0.717) is 39.6 Å². The Morgan fingerprint density at radius 2 is 1.63 bits per heavy atom. The van der Waals surface area contributed by atoms with Crippen LogP contribution < -0.4 is 5.56 Å². The van der Waals surface area contributed by atoms with E-state index in [9.17, 15) is 4.79 Å². The summed E-state index contributed by atoms with van der Waals surface area (Å²) < 4.78 is 4.12. The van der Waals surface area contributed by atoms with Gasteiger partial charge in [0.05, 0.1) is 22.9 Å². The van der Waals surface area contributed by atoms with Crippen molar-refractivity contribution in [3.8, 4) is 28.3 Å². The second-order valence-corrected chi connectivity index (χ2v) is 10.4. The van der Waals surface area contributed by atoms with Gasteiger partial charge in [-0.25, -0.2) is 9.36 Å². The zero-order valence-electron chi connectivity index (χ0n) is 19.0. The molecular formula is C27H21BrCl2N4O. The molecule has 0 unspecified atom stereocenters. The van der Waals surface area contributed by atoms with Gasteiger partial charge in [0.25, 0.3) is 5.56 Å². The van der Waals surface area contributed by atoms with Gasteiger partial charge in [-0.3, -0.25) is 4.79 Å². The first-order valence-electron chi connectivity index (χ1n) is 11.1. The number of aromatic nitrogens is 4. The Labute approximate surface area is 221 Å². The summed E-state index contributed by atoms with van der Waals surface area (Å²) in [5, 5.41) is 10.3. The highest BCUT2D eigenvalue weighted by Gasteiger charge is 2.22. The quantitative estimate of drug-likeness (QED) is 0.222. The minimum Gasteiger partial charge on any atom is -0.265 e. The molecule has 35 heavy (non-hydrogen) atoms. The lowest BCUT2D eigenvalue weighted by Crippen LogP contribution is -2.19. The topological polar surface area (TPSA) is 52.7 Å². The Morgan fingerprint density at radius 3 is 2.29 bits per heavy atom. The fraction of sp³-hybridized carbons (Fsp3) is 0.148. The Kier molecular flexibility index (Phi) is 6.53. The van der Waals surface area contributed by atoms with Crippen molar-refractivity contribution >= 4 is 39.1 Å². The van der Waals surface area contributed by atoms with Crippen LogP contribution in [-0.2, 0) is 6.54 Å². The van der Waals surface area contributed by atoms with Crippen molar-refractivity contribution < 1.29 is 0 Å². The van der Waals surface area contributed by atoms with Gasteiger partial charge >= 0.3 is 0 Å². The highest BCUT2D eigenvalue weighted by molar-refractivity contribution is 9.10. The third kappa shape index (κ3) is 4.79. The maximum absolute atomic E-state index is 13.3. The van der Waals surface area contributed by atoms with Crippen molar-refractivity contribution in [3.63, 3.8) is 0 Å². The SMILES string of the molecule is CC(C)c1ccc(Cn2nc3cc(-c4ccc(Cl)cc4Cl)n(-c4ccc(Br)cc4)nc-3c2=O)cc1. The number of halogens is 3. The van der Waals surface area contributed by atoms with Crippen LogP contribution in [0.5, 0.6) is 0 Å². The van der Waals surface area contributed by atoms with Gasteiger partial charge in [0.15, 0.2) is 5.69 Å². The lowest BCUT2D eigenvalue weighted by atomic mass is 10.0. The van der Waals surface area contributed by atoms with E-state index >= 15 is 0 Å². The Bertz CT molecular complexity index is 1540. The fourth-order valence-electron chi connectivity index (χ4n) is 3.95. The van der Waals surface area contributed by atoms with E-state index < -0.39 is 0 Å². The van der Waals surface area contributed by atoms with Crippen molar-refractivity contribution in [1.29, 1.82) is 0 Å². The Hall–Kier alpha value is -2.93. The van der Waals surface area contributed by atoms with Crippen molar-refractivity contribution in [3.05, 3.63) is 109 Å². The molecule has 0 saturated heterocycles. The summed E-state index contributed by atoms with van der Waals surface area (Å²) in [4.78, 5) is 13.3. The summed E-state index contributed by atoms with van der Waals surface area (Å²) in [5.41, 5.74) is 5.03. The molecule has 2 aliphatic rings. The molecule has 0 saturated carbocycles. The molecule has 3 aromatic rings. The number of hydrogen-bond acceptors (Lipinski definition) is 3. The molecule has 0 aliphatic carbocycles. The van der Waals surface area contributed by atoms with Gasteiger partial charge in [0, 0.05) is 15.1 Å². The Balaban J connectivity index is 1.65. The third-order valence-corrected chi connectivity index (χ3v) is 6.94. The van der Waals surface area contributed by atoms with Crippen LogP contribution in [0.2, 0.25) is 10.0 Å². The summed E-state index contributed by atoms with van der Waals surface area (Å²) >= 11 is 16.2. The average Bonchev–Trinajstić information content (AvgIpc) is 3.13. The van der Waals surface area contributed by atoms with E-state index in [1.807, 2.05) is 48.5 Å². The number of fused-ring (bicyclic) bond motifs is 1. The van der Waals surface area contributed by atoms with Crippen LogP contribution in [0.15, 0.2) is 82.1 Å². The maximum atomic E-state index is 13.3. The summed E-state index contributed by atoms with van der Waals surface area (Å²) in [6.07, 6.45) is 0. The second-order valence-electron chi connectivity index (χ2n) is 8.63. The van der Waals surface area contributed by atoms with Gasteiger partial charge in [-0.05, 0) is 65.6 Å². The van der Waals surface area contributed by atoms with Crippen LogP contribution in [0, 0.1) is 0 Å². The molecule has 3 aromatic carbocycles. The van der Waals surface area contributed by atoms with Gasteiger partial charge < -0.3 is 0 Å². The highest BCUT2D eigenvalue weighted by Crippen LogP contribution is 2.33. The summed E-state index contributed by atoms with van der Waals surface area (Å²) in [6, 6.07) is 23.1. The molecule has 8 heteroatoms. The number of hydrogen-bond donors (Lipinski definition) is 0. The summed E-state index contributed by atoms with van der Waals surface area (Å²) in [6.45, 7) is 4.67. The van der Waals surface area contributed by atoms with E-state index in [2.05, 4.69) is 47.0 Å². The summed E-state index contributed by atoms with van der Waals surface area (Å²) in [7, 11) is 0. The second kappa shape index (κ2) is 9.61. The molecule has 0 N–H and O–H groups in total. The molecule has 0 radical (unpaired) electrons. The predicted octanol–water partition coefficient (Wildman–Crippen LogP) is 7.44. The molecule has 2 aliphatic heterocycles. The smallest absolute Gasteiger partial charge is 0.265 e. The normalized spacial score (nSPS) is 11.5. The molecule has 5 rings (SSSR count). The number of benzene rings is 3. The molecule has 5 nitrogen and oxygen atoms in total. The first kappa shape index (κ1) is 23.8. The average molecular weight is 568 g/mol. The van der Waals surface area contributed by atoms with E-state index in [0.717, 1.165) is 21.3 Å². The maximum Gasteiger partial charge on any atom is 0.297 e. The zero-order valence-corrected chi connectivity index (χ0v) is 22.1. The van der Waals surface area contributed by atoms with E-state index in [-0.39, 0.29) is 5.56 Å². The molecule has 2 heterocycles. The van der Waals surface area contributed by atoms with E-state index in [1.54, 1.807) is 16.8 Å². The molecule has 0 bridgehead atoms. The minimum absolute atomic E-state index is 0.243. The highest BCUT2D eigenvalue weighted by atomic mass is 79.9. The van der Waals surface area contributed by atoms with Crippen molar-refractivity contribution in [1.82, 2.24) is 19.6 Å². The van der Waals surface area contributed by atoms with Crippen LogP contribution in [0.4, 0.5) is 0 Å². The monoisotopic (exact) mass is 566 g/mol. The lowest BCUT2D eigenvalue weighted by molar-refractivity contribution is 0.668. The molecular weight excluding hydrogens is 547 g/mol. The predicted molar refractivity (Wildman–Crippen MR) is 145 cm³/mol. The van der Waals surface area contributed by atoms with Gasteiger partial charge in [-0.2, -0.15) is 10.2 Å². The molecule has 0 fully saturated rings. The molecule has 176 valence electrons. The fourth-order valence-corrected chi connectivity index (χ4v) is 4.72. The lowest BCUT2D eigenvalue weighted by Gasteiger charge is -2.15. The van der Waals surface area contributed by atoms with E-state index in [4.69, 9.17) is 28.3 Å². The van der Waals surface area contributed by atoms with Gasteiger partial charge in [0.1, 0.15) is 5.69 Å². The molecule has 0 atom stereocenters. The van der Waals surface area contributed by atoms with Gasteiger partial charge in [-0.1, -0.05) is 77.2 Å². The molecule has 0 amide bonds. The van der Waals surface area contributed by atoms with Crippen molar-refractivity contribution in [2.45, 2.75) is 26.3 Å². The number of rotatable bonds is 5. The first-order chi connectivity index (χ1) is 16.8. The van der Waals surface area contributed by atoms with Crippen LogP contribution >= 0.6 is 39.1 Å². The van der Waals surface area contributed by atoms with Gasteiger partial charge in [-0.15, -0.1) is 0 Å². The zero-order chi connectivity index (χ0) is 24.7. The Morgan fingerprint density at radius 1 is 0.914 bits per heavy atom. The van der Waals surface area contributed by atoms with Crippen LogP contribution in [0.3, 0.4) is 0 Å². The molecule has 0 spiro atoms. The first-order valence-corrected chi connectivity index (χ1v) is 12.7. The third-order valence-electron chi connectivity index (χ3n) is 5.87. The van der Waals surface area contributed by atoms with Crippen LogP contribution in [0.25, 0.3) is 28.3 Å². The van der Waals surface area contributed by atoms with Crippen molar-refractivity contribution in [2.75, 3.05) is 0 Å². The van der Waals surface area contributed by atoms with E-state index in [1.165, 1.54) is 10.2 Å². The van der Waals surface area contributed by atoms with Crippen LogP contribution in [0.1, 0.15) is 30.9 Å². The molecule has 0 aromatic heterocycles. The standard InChI is InChI=1S/C27H21BrCl2N4O/c1-16(2)18-5-3-17(4-6-18)15-33-27(35)26-24(31-33)14-25(22-12-9-20(29)13-23(22)30)34(32-26)21-10-7-19(28)8-11-21/h3-14,16H,15H2,1-2H3. The summed E-state index contributed by atoms with van der Waals surface area (Å²) in [5.74, 6) is 0.447. The van der Waals surface area contributed by atoms with Crippen molar-refractivity contribution in [2.24, 2.45) is 0 Å². The van der Waals surface area contributed by atoms with Crippen LogP contribution in [-0.4, -0.2) is 19.6 Å².